The van der Waals surface area contributed by atoms with Crippen molar-refractivity contribution >= 4 is 11.4 Å². The predicted molar refractivity (Wildman–Crippen MR) is 86.3 cm³/mol. The zero-order valence-electron chi connectivity index (χ0n) is 12.6. The van der Waals surface area contributed by atoms with Crippen molar-refractivity contribution < 1.29 is 0 Å². The van der Waals surface area contributed by atoms with Crippen molar-refractivity contribution in [2.75, 3.05) is 23.8 Å². The number of nitrogens with zero attached hydrogens (tertiary/aromatic N) is 2. The Morgan fingerprint density at radius 2 is 1.90 bits per heavy atom. The molecule has 0 unspecified atom stereocenters. The third-order valence-electron chi connectivity index (χ3n) is 3.27. The minimum atomic E-state index is 0.810. The number of aromatic nitrogens is 1. The summed E-state index contributed by atoms with van der Waals surface area (Å²) in [4.78, 5) is 6.66. The van der Waals surface area contributed by atoms with Crippen LogP contribution in [0.25, 0.3) is 0 Å². The molecule has 1 aromatic heterocycles. The van der Waals surface area contributed by atoms with Gasteiger partial charge in [-0.15, -0.1) is 0 Å². The van der Waals surface area contributed by atoms with Crippen molar-refractivity contribution in [3.63, 3.8) is 0 Å². The Bertz CT molecular complexity index is 534. The van der Waals surface area contributed by atoms with E-state index >= 15 is 0 Å². The summed E-state index contributed by atoms with van der Waals surface area (Å²) < 4.78 is 0. The predicted octanol–water partition coefficient (Wildman–Crippen LogP) is 3.85. The summed E-state index contributed by atoms with van der Waals surface area (Å²) in [5.41, 5.74) is 4.72. The number of anilines is 2. The molecule has 2 aromatic rings. The van der Waals surface area contributed by atoms with E-state index in [1.54, 1.807) is 0 Å². The van der Waals surface area contributed by atoms with Crippen molar-refractivity contribution in [1.29, 1.82) is 0 Å². The van der Waals surface area contributed by atoms with E-state index in [0.717, 1.165) is 30.9 Å². The third kappa shape index (κ3) is 3.98. The standard InChI is InChI=1S/C17H23N3/c1-4-10-18-15-9-11-19-16(12-15)13-20(3)17-7-5-14(2)6-8-17/h5-9,11-12H,4,10,13H2,1-3H3,(H,18,19). The number of hydrogen-bond donors (Lipinski definition) is 1. The van der Waals surface area contributed by atoms with Gasteiger partial charge >= 0.3 is 0 Å². The average molecular weight is 269 g/mol. The second-order valence-corrected chi connectivity index (χ2v) is 5.15. The number of hydrogen-bond acceptors (Lipinski definition) is 3. The molecule has 0 aliphatic carbocycles. The van der Waals surface area contributed by atoms with Crippen LogP contribution in [-0.2, 0) is 6.54 Å². The topological polar surface area (TPSA) is 28.2 Å². The number of nitrogens with one attached hydrogen (secondary N) is 1. The fourth-order valence-electron chi connectivity index (χ4n) is 2.08. The Hall–Kier alpha value is -2.03. The number of pyridine rings is 1. The van der Waals surface area contributed by atoms with Crippen LogP contribution < -0.4 is 10.2 Å². The Balaban J connectivity index is 2.03. The maximum Gasteiger partial charge on any atom is 0.0617 e. The van der Waals surface area contributed by atoms with Gasteiger partial charge in [0, 0.05) is 31.2 Å². The first-order valence-corrected chi connectivity index (χ1v) is 7.15. The molecule has 3 nitrogen and oxygen atoms in total. The van der Waals surface area contributed by atoms with Gasteiger partial charge in [0.2, 0.25) is 0 Å². The molecular formula is C17H23N3. The van der Waals surface area contributed by atoms with Crippen molar-refractivity contribution in [2.45, 2.75) is 26.8 Å². The molecule has 0 spiro atoms. The molecule has 0 amide bonds. The lowest BCUT2D eigenvalue weighted by Gasteiger charge is -2.19. The van der Waals surface area contributed by atoms with Crippen LogP contribution in [0, 0.1) is 6.92 Å². The van der Waals surface area contributed by atoms with Gasteiger partial charge < -0.3 is 10.2 Å². The zero-order chi connectivity index (χ0) is 14.4. The summed E-state index contributed by atoms with van der Waals surface area (Å²) in [6, 6.07) is 12.7. The van der Waals surface area contributed by atoms with Crippen LogP contribution in [0.4, 0.5) is 11.4 Å². The number of rotatable bonds is 6. The Kier molecular flexibility index (Phi) is 4.99. The van der Waals surface area contributed by atoms with E-state index in [0.29, 0.717) is 0 Å². The molecular weight excluding hydrogens is 246 g/mol. The van der Waals surface area contributed by atoms with E-state index in [1.165, 1.54) is 11.3 Å². The quantitative estimate of drug-likeness (QED) is 0.863. The molecule has 2 rings (SSSR count). The molecule has 1 aromatic carbocycles. The second-order valence-electron chi connectivity index (χ2n) is 5.15. The highest BCUT2D eigenvalue weighted by molar-refractivity contribution is 5.48. The van der Waals surface area contributed by atoms with Gasteiger partial charge in [-0.1, -0.05) is 24.6 Å². The van der Waals surface area contributed by atoms with Crippen molar-refractivity contribution in [1.82, 2.24) is 4.98 Å². The van der Waals surface area contributed by atoms with Gasteiger partial charge in [-0.05, 0) is 37.6 Å². The van der Waals surface area contributed by atoms with Gasteiger partial charge in [-0.2, -0.15) is 0 Å². The molecule has 0 radical (unpaired) electrons. The maximum atomic E-state index is 4.45. The summed E-state index contributed by atoms with van der Waals surface area (Å²) in [5.74, 6) is 0. The molecule has 0 aliphatic heterocycles. The maximum absolute atomic E-state index is 4.45. The Labute approximate surface area is 121 Å². The molecule has 0 saturated carbocycles. The zero-order valence-corrected chi connectivity index (χ0v) is 12.6. The van der Waals surface area contributed by atoms with Crippen molar-refractivity contribution in [3.05, 3.63) is 53.9 Å². The van der Waals surface area contributed by atoms with Crippen LogP contribution in [-0.4, -0.2) is 18.6 Å². The van der Waals surface area contributed by atoms with Crippen LogP contribution in [0.2, 0.25) is 0 Å². The molecule has 20 heavy (non-hydrogen) atoms. The van der Waals surface area contributed by atoms with Crippen LogP contribution in [0.1, 0.15) is 24.6 Å². The van der Waals surface area contributed by atoms with Crippen LogP contribution >= 0.6 is 0 Å². The molecule has 0 aliphatic rings. The molecule has 0 bridgehead atoms. The first-order chi connectivity index (χ1) is 9.69. The van der Waals surface area contributed by atoms with Gasteiger partial charge in [0.1, 0.15) is 0 Å². The fraction of sp³-hybridized carbons (Fsp3) is 0.353. The minimum absolute atomic E-state index is 0.810. The molecule has 0 fully saturated rings. The summed E-state index contributed by atoms with van der Waals surface area (Å²) in [5, 5.41) is 3.40. The lowest BCUT2D eigenvalue weighted by atomic mass is 10.2. The molecule has 1 heterocycles. The smallest absolute Gasteiger partial charge is 0.0617 e. The van der Waals surface area contributed by atoms with Gasteiger partial charge in [0.25, 0.3) is 0 Å². The van der Waals surface area contributed by atoms with Gasteiger partial charge in [0.15, 0.2) is 0 Å². The lowest BCUT2D eigenvalue weighted by Crippen LogP contribution is -2.17. The minimum Gasteiger partial charge on any atom is -0.385 e. The molecule has 106 valence electrons. The van der Waals surface area contributed by atoms with Crippen LogP contribution in [0.5, 0.6) is 0 Å². The van der Waals surface area contributed by atoms with E-state index in [1.807, 2.05) is 12.3 Å². The van der Waals surface area contributed by atoms with Crippen molar-refractivity contribution in [2.24, 2.45) is 0 Å². The van der Waals surface area contributed by atoms with Gasteiger partial charge in [-0.25, -0.2) is 0 Å². The highest BCUT2D eigenvalue weighted by atomic mass is 15.1. The molecule has 1 N–H and O–H groups in total. The molecule has 0 saturated heterocycles. The van der Waals surface area contributed by atoms with Crippen molar-refractivity contribution in [3.8, 4) is 0 Å². The summed E-state index contributed by atoms with van der Waals surface area (Å²) in [6.45, 7) is 6.08. The van der Waals surface area contributed by atoms with Gasteiger partial charge in [-0.3, -0.25) is 4.98 Å². The van der Waals surface area contributed by atoms with E-state index in [2.05, 4.69) is 66.4 Å². The highest BCUT2D eigenvalue weighted by Crippen LogP contribution is 2.16. The van der Waals surface area contributed by atoms with Crippen LogP contribution in [0.3, 0.4) is 0 Å². The van der Waals surface area contributed by atoms with Gasteiger partial charge in [0.05, 0.1) is 12.2 Å². The lowest BCUT2D eigenvalue weighted by molar-refractivity contribution is 0.883. The summed E-state index contributed by atoms with van der Waals surface area (Å²) in [6.07, 6.45) is 3.00. The Morgan fingerprint density at radius 3 is 2.60 bits per heavy atom. The molecule has 3 heteroatoms. The van der Waals surface area contributed by atoms with E-state index in [-0.39, 0.29) is 0 Å². The SMILES string of the molecule is CCCNc1ccnc(CN(C)c2ccc(C)cc2)c1. The average Bonchev–Trinajstić information content (AvgIpc) is 2.46. The summed E-state index contributed by atoms with van der Waals surface area (Å²) in [7, 11) is 2.10. The molecule has 0 atom stereocenters. The van der Waals surface area contributed by atoms with E-state index in [4.69, 9.17) is 0 Å². The Morgan fingerprint density at radius 1 is 1.15 bits per heavy atom. The highest BCUT2D eigenvalue weighted by Gasteiger charge is 2.03. The van der Waals surface area contributed by atoms with E-state index < -0.39 is 0 Å². The monoisotopic (exact) mass is 269 g/mol. The normalized spacial score (nSPS) is 10.3. The summed E-state index contributed by atoms with van der Waals surface area (Å²) >= 11 is 0. The second kappa shape index (κ2) is 6.94. The number of aryl methyl sites for hydroxylation is 1. The van der Waals surface area contributed by atoms with E-state index in [9.17, 15) is 0 Å². The largest absolute Gasteiger partial charge is 0.385 e. The fourth-order valence-corrected chi connectivity index (χ4v) is 2.08. The first-order valence-electron chi connectivity index (χ1n) is 7.15. The number of benzene rings is 1. The third-order valence-corrected chi connectivity index (χ3v) is 3.27. The first kappa shape index (κ1) is 14.4. The van der Waals surface area contributed by atoms with Crippen LogP contribution in [0.15, 0.2) is 42.6 Å².